The summed E-state index contributed by atoms with van der Waals surface area (Å²) in [6, 6.07) is 39.5. The highest BCUT2D eigenvalue weighted by molar-refractivity contribution is 6.07. The first-order chi connectivity index (χ1) is 44.8. The van der Waals surface area contributed by atoms with Crippen LogP contribution in [0.2, 0.25) is 0 Å². The first-order valence-electron chi connectivity index (χ1n) is 30.3. The van der Waals surface area contributed by atoms with Crippen LogP contribution >= 0.6 is 0 Å². The molecule has 9 aromatic rings. The molecule has 21 nitrogen and oxygen atoms in total. The zero-order valence-corrected chi connectivity index (χ0v) is 49.9. The third-order valence-corrected chi connectivity index (χ3v) is 18.4. The van der Waals surface area contributed by atoms with Gasteiger partial charge in [-0.1, -0.05) is 91.0 Å². The quantitative estimate of drug-likeness (QED) is 0.0814. The molecule has 474 valence electrons. The van der Waals surface area contributed by atoms with E-state index in [0.29, 0.717) is 38.9 Å². The van der Waals surface area contributed by atoms with Gasteiger partial charge in [-0.2, -0.15) is 0 Å². The summed E-state index contributed by atoms with van der Waals surface area (Å²) < 4.78 is 46.4. The fourth-order valence-electron chi connectivity index (χ4n) is 13.9. The van der Waals surface area contributed by atoms with Crippen LogP contribution in [0.25, 0.3) is 32.7 Å². The number of hydrogen-bond acceptors (Lipinski definition) is 9. The lowest BCUT2D eigenvalue weighted by atomic mass is 9.97. The Labute approximate surface area is 528 Å². The minimum absolute atomic E-state index is 0.124. The van der Waals surface area contributed by atoms with Crippen molar-refractivity contribution in [3.63, 3.8) is 0 Å². The molecule has 24 heteroatoms. The number of halogens is 3. The first-order valence-corrected chi connectivity index (χ1v) is 30.3. The Hall–Kier alpha value is -11.0. The minimum Gasteiger partial charge on any atom is -0.481 e. The van der Waals surface area contributed by atoms with E-state index in [9.17, 15) is 56.3 Å². The molecule has 0 saturated carbocycles. The first kappa shape index (κ1) is 60.8. The Morgan fingerprint density at radius 2 is 0.613 bits per heavy atom. The lowest BCUT2D eigenvalue weighted by Crippen LogP contribution is -2.40. The van der Waals surface area contributed by atoms with Gasteiger partial charge in [-0.15, -0.1) is 0 Å². The fraction of sp³-hybridized carbons (Fsp3) is 0.261. The molecule has 0 radical (unpaired) electrons. The number of fused-ring (bicyclic) bond motifs is 12. The van der Waals surface area contributed by atoms with Gasteiger partial charge in [0.05, 0.1) is 38.9 Å². The molecule has 3 aromatic heterocycles. The zero-order valence-electron chi connectivity index (χ0n) is 49.9. The van der Waals surface area contributed by atoms with E-state index in [1.165, 1.54) is 51.1 Å². The predicted molar refractivity (Wildman–Crippen MR) is 330 cm³/mol. The van der Waals surface area contributed by atoms with Gasteiger partial charge in [0.15, 0.2) is 0 Å². The topological polar surface area (TPSA) is 249 Å². The van der Waals surface area contributed by atoms with Crippen molar-refractivity contribution in [3.8, 4) is 0 Å². The van der Waals surface area contributed by atoms with Crippen LogP contribution in [0.4, 0.5) is 27.6 Å². The minimum atomic E-state index is -1.05. The maximum atomic E-state index is 13.3. The maximum Gasteiger partial charge on any atom is 0.327 e. The van der Waals surface area contributed by atoms with Gasteiger partial charge in [-0.3, -0.25) is 43.5 Å². The molecule has 6 aromatic carbocycles. The molecule has 3 saturated heterocycles. The highest BCUT2D eigenvalue weighted by Gasteiger charge is 2.51. The number of urea groups is 3. The largest absolute Gasteiger partial charge is 0.481 e. The van der Waals surface area contributed by atoms with Crippen LogP contribution in [-0.2, 0) is 87.3 Å². The number of hydrogen-bond donors (Lipinski definition) is 3. The molecule has 9 heterocycles. The van der Waals surface area contributed by atoms with Crippen LogP contribution in [0.3, 0.4) is 0 Å². The molecule has 6 aliphatic rings. The van der Waals surface area contributed by atoms with Gasteiger partial charge in [0.2, 0.25) is 0 Å². The second-order valence-electron chi connectivity index (χ2n) is 23.8. The van der Waals surface area contributed by atoms with Crippen LogP contribution in [0, 0.1) is 17.5 Å². The highest BCUT2D eigenvalue weighted by atomic mass is 19.1. The summed E-state index contributed by atoms with van der Waals surface area (Å²) in [6.45, 7) is 1.97. The van der Waals surface area contributed by atoms with Crippen LogP contribution in [0.1, 0.15) is 69.7 Å². The predicted octanol–water partition coefficient (Wildman–Crippen LogP) is 8.98. The van der Waals surface area contributed by atoms with Crippen molar-refractivity contribution in [3.05, 3.63) is 214 Å². The maximum absolute atomic E-state index is 13.3. The number of para-hydroxylation sites is 3. The van der Waals surface area contributed by atoms with E-state index in [1.54, 1.807) is 36.4 Å². The molecule has 15 rings (SSSR count). The van der Waals surface area contributed by atoms with E-state index in [4.69, 9.17) is 15.3 Å². The van der Waals surface area contributed by atoms with Gasteiger partial charge in [-0.25, -0.2) is 27.6 Å². The summed E-state index contributed by atoms with van der Waals surface area (Å²) in [5.74, 6) is -5.07. The number of carbonyl (C=O) groups excluding carboxylic acids is 6. The van der Waals surface area contributed by atoms with E-state index in [1.807, 2.05) is 72.8 Å². The summed E-state index contributed by atoms with van der Waals surface area (Å²) >= 11 is 0. The monoisotopic (exact) mass is 1260 g/mol. The Balaban J connectivity index is 0.000000127. The third-order valence-electron chi connectivity index (χ3n) is 18.4. The summed E-state index contributed by atoms with van der Waals surface area (Å²) in [5.41, 5.74) is 11.7. The highest BCUT2D eigenvalue weighted by Crippen LogP contribution is 2.41. The smallest absolute Gasteiger partial charge is 0.327 e. The third kappa shape index (κ3) is 11.3. The van der Waals surface area contributed by atoms with Gasteiger partial charge in [0.1, 0.15) is 35.6 Å². The van der Waals surface area contributed by atoms with Crippen molar-refractivity contribution in [2.24, 2.45) is 0 Å². The van der Waals surface area contributed by atoms with Gasteiger partial charge in [0.25, 0.3) is 17.7 Å². The van der Waals surface area contributed by atoms with Crippen molar-refractivity contribution in [1.29, 1.82) is 0 Å². The van der Waals surface area contributed by atoms with Gasteiger partial charge in [-0.05, 0) is 88.0 Å². The SMILES string of the molecule is O=C(O)CCN1C(=O)C2Cc3c(n(Cc4ccc(F)cc4)c4ccccc34)CN2C1=O.O=C(O)CCN1C(=O)C2Cc3c(n(Cc4ccc(F)cc4)c4ccccc34)CN2C1=O.O=C(O)CCN1C(=O)C2Cc3c(n(Cc4ccc(F)cc4)c4ccccc34)CN2C1=O. The second-order valence-corrected chi connectivity index (χ2v) is 23.8. The molecular formula is C69H60F3N9O12. The fourth-order valence-corrected chi connectivity index (χ4v) is 13.9. The van der Waals surface area contributed by atoms with E-state index in [-0.39, 0.29) is 93.7 Å². The number of imide groups is 3. The van der Waals surface area contributed by atoms with Gasteiger partial charge < -0.3 is 43.7 Å². The summed E-state index contributed by atoms with van der Waals surface area (Å²) in [5, 5.41) is 29.9. The molecule has 9 amide bonds. The Morgan fingerprint density at radius 3 is 0.860 bits per heavy atom. The average molecular weight is 1260 g/mol. The number of aromatic nitrogens is 3. The number of carboxylic acids is 3. The second kappa shape index (κ2) is 24.6. The summed E-state index contributed by atoms with van der Waals surface area (Å²) in [4.78, 5) is 118. The molecule has 93 heavy (non-hydrogen) atoms. The van der Waals surface area contributed by atoms with Crippen molar-refractivity contribution < 1.29 is 71.6 Å². The molecule has 3 fully saturated rings. The number of aliphatic carboxylic acids is 3. The van der Waals surface area contributed by atoms with E-state index in [2.05, 4.69) is 13.7 Å². The number of benzene rings is 6. The summed E-state index contributed by atoms with van der Waals surface area (Å²) in [7, 11) is 0. The number of carbonyl (C=O) groups is 9. The molecule has 6 aliphatic heterocycles. The van der Waals surface area contributed by atoms with Crippen LogP contribution in [-0.4, -0.2) is 150 Å². The molecule has 0 spiro atoms. The molecule has 0 aliphatic carbocycles. The van der Waals surface area contributed by atoms with E-state index >= 15 is 0 Å². The lowest BCUT2D eigenvalue weighted by Gasteiger charge is -2.28. The van der Waals surface area contributed by atoms with Crippen molar-refractivity contribution in [1.82, 2.24) is 43.1 Å². The Bertz CT molecular complexity index is 4110. The van der Waals surface area contributed by atoms with Crippen LogP contribution < -0.4 is 0 Å². The number of nitrogens with zero attached hydrogens (tertiary/aromatic N) is 9. The summed E-state index contributed by atoms with van der Waals surface area (Å²) in [6.07, 6.45) is 0.349. The number of carboxylic acid groups (broad SMARTS) is 3. The van der Waals surface area contributed by atoms with Crippen molar-refractivity contribution in [2.75, 3.05) is 19.6 Å². The normalized spacial score (nSPS) is 17.9. The Morgan fingerprint density at radius 1 is 0.366 bits per heavy atom. The van der Waals surface area contributed by atoms with Gasteiger partial charge >= 0.3 is 36.0 Å². The molecule has 0 bridgehead atoms. The van der Waals surface area contributed by atoms with Crippen LogP contribution in [0.5, 0.6) is 0 Å². The lowest BCUT2D eigenvalue weighted by molar-refractivity contribution is -0.139. The molecule has 3 atom stereocenters. The molecule has 3 unspecified atom stereocenters. The van der Waals surface area contributed by atoms with E-state index in [0.717, 1.165) is 97.9 Å². The van der Waals surface area contributed by atoms with Crippen molar-refractivity contribution in [2.45, 2.75) is 95.9 Å². The molecule has 3 N–H and O–H groups in total. The van der Waals surface area contributed by atoms with Crippen LogP contribution in [0.15, 0.2) is 146 Å². The van der Waals surface area contributed by atoms with Gasteiger partial charge in [0, 0.05) is 108 Å². The number of rotatable bonds is 15. The van der Waals surface area contributed by atoms with Crippen molar-refractivity contribution >= 4 is 86.4 Å². The molecular weight excluding hydrogens is 1200 g/mol. The number of amides is 9. The Kier molecular flexibility index (Phi) is 16.1. The standard InChI is InChI=1S/3C23H20FN3O4/c3*24-15-7-5-14(6-8-15)12-26-18-4-2-1-3-16(18)17-11-19-22(30)25(10-9-21(28)29)23(31)27(19)13-20(17)26/h3*1-8,19H,9-13H2,(H,28,29). The zero-order chi connectivity index (χ0) is 65.1. The van der Waals surface area contributed by atoms with E-state index < -0.39 is 54.1 Å². The average Bonchev–Trinajstić information content (AvgIpc) is 1.60.